The number of halogens is 1. The summed E-state index contributed by atoms with van der Waals surface area (Å²) in [7, 11) is 0. The van der Waals surface area contributed by atoms with Gasteiger partial charge in [-0.05, 0) is 38.1 Å². The van der Waals surface area contributed by atoms with Gasteiger partial charge in [0, 0.05) is 11.1 Å². The van der Waals surface area contributed by atoms with Gasteiger partial charge in [-0.1, -0.05) is 28.9 Å². The highest BCUT2D eigenvalue weighted by atomic mass is 35.5. The zero-order valence-corrected chi connectivity index (χ0v) is 17.2. The second-order valence-electron chi connectivity index (χ2n) is 5.90. The summed E-state index contributed by atoms with van der Waals surface area (Å²) in [5.74, 6) is 0.272. The fraction of sp³-hybridized carbons (Fsp3) is 0.211. The molecule has 3 aromatic rings. The molecule has 1 N–H and O–H groups in total. The van der Waals surface area contributed by atoms with Crippen molar-refractivity contribution in [3.05, 3.63) is 65.0 Å². The van der Waals surface area contributed by atoms with Crippen LogP contribution in [0.3, 0.4) is 0 Å². The molecule has 0 radical (unpaired) electrons. The van der Waals surface area contributed by atoms with Gasteiger partial charge in [0.15, 0.2) is 17.1 Å². The normalized spacial score (nSPS) is 11.7. The number of anilines is 1. The molecule has 8 nitrogen and oxygen atoms in total. The summed E-state index contributed by atoms with van der Waals surface area (Å²) >= 11 is 7.29. The van der Waals surface area contributed by atoms with Crippen LogP contribution in [-0.4, -0.2) is 33.1 Å². The SMILES string of the molecule is Cc1noc(CSc2ccccc2C(=O)OC(C)C(=O)Nc2cccnc2Cl)n1. The quantitative estimate of drug-likeness (QED) is 0.340. The molecule has 1 atom stereocenters. The summed E-state index contributed by atoms with van der Waals surface area (Å²) in [6.45, 7) is 3.21. The Morgan fingerprint density at radius 1 is 1.28 bits per heavy atom. The van der Waals surface area contributed by atoms with E-state index in [1.165, 1.54) is 24.9 Å². The molecule has 2 heterocycles. The molecule has 0 aliphatic heterocycles. The van der Waals surface area contributed by atoms with E-state index in [-0.39, 0.29) is 5.15 Å². The van der Waals surface area contributed by atoms with Gasteiger partial charge >= 0.3 is 5.97 Å². The van der Waals surface area contributed by atoms with Crippen LogP contribution >= 0.6 is 23.4 Å². The van der Waals surface area contributed by atoms with E-state index in [0.717, 1.165) is 0 Å². The van der Waals surface area contributed by atoms with Crippen LogP contribution in [0.2, 0.25) is 5.15 Å². The van der Waals surface area contributed by atoms with E-state index in [1.54, 1.807) is 43.3 Å². The van der Waals surface area contributed by atoms with Crippen LogP contribution in [0.5, 0.6) is 0 Å². The average Bonchev–Trinajstić information content (AvgIpc) is 3.13. The summed E-state index contributed by atoms with van der Waals surface area (Å²) in [4.78, 5) is 33.6. The van der Waals surface area contributed by atoms with Crippen molar-refractivity contribution in [3.63, 3.8) is 0 Å². The Labute approximate surface area is 176 Å². The van der Waals surface area contributed by atoms with Crippen LogP contribution in [-0.2, 0) is 15.3 Å². The van der Waals surface area contributed by atoms with E-state index < -0.39 is 18.0 Å². The third-order valence-corrected chi connectivity index (χ3v) is 5.06. The standard InChI is InChI=1S/C19H17ClN4O4S/c1-11(18(25)23-14-7-5-9-21-17(14)20)27-19(26)13-6-3-4-8-15(13)29-10-16-22-12(2)24-28-16/h3-9,11H,10H2,1-2H3,(H,23,25). The molecule has 29 heavy (non-hydrogen) atoms. The number of thioether (sulfide) groups is 1. The number of esters is 1. The molecule has 10 heteroatoms. The molecule has 2 aromatic heterocycles. The second kappa shape index (κ2) is 9.53. The first-order valence-corrected chi connectivity index (χ1v) is 9.94. The maximum atomic E-state index is 12.6. The van der Waals surface area contributed by atoms with E-state index in [4.69, 9.17) is 20.9 Å². The number of nitrogens with one attached hydrogen (secondary N) is 1. The Bertz CT molecular complexity index is 1030. The predicted octanol–water partition coefficient (Wildman–Crippen LogP) is 3.90. The molecule has 0 spiro atoms. The molecule has 0 saturated carbocycles. The molecule has 1 aromatic carbocycles. The number of pyridine rings is 1. The number of hydrogen-bond donors (Lipinski definition) is 1. The van der Waals surface area contributed by atoms with E-state index in [9.17, 15) is 9.59 Å². The number of benzene rings is 1. The summed E-state index contributed by atoms with van der Waals surface area (Å²) in [6, 6.07) is 10.2. The average molecular weight is 433 g/mol. The third-order valence-electron chi connectivity index (χ3n) is 3.70. The number of nitrogens with zero attached hydrogens (tertiary/aromatic N) is 3. The van der Waals surface area contributed by atoms with Gasteiger partial charge in [0.1, 0.15) is 0 Å². The molecule has 1 amide bonds. The monoisotopic (exact) mass is 432 g/mol. The minimum absolute atomic E-state index is 0.150. The lowest BCUT2D eigenvalue weighted by atomic mass is 10.2. The maximum absolute atomic E-state index is 12.6. The lowest BCUT2D eigenvalue weighted by molar-refractivity contribution is -0.123. The van der Waals surface area contributed by atoms with Gasteiger partial charge < -0.3 is 14.6 Å². The minimum Gasteiger partial charge on any atom is -0.449 e. The van der Waals surface area contributed by atoms with Crippen LogP contribution in [0.1, 0.15) is 29.0 Å². The first-order chi connectivity index (χ1) is 13.9. The van der Waals surface area contributed by atoms with Crippen LogP contribution in [0.25, 0.3) is 0 Å². The molecular formula is C19H17ClN4O4S. The van der Waals surface area contributed by atoms with Crippen LogP contribution in [0.15, 0.2) is 52.0 Å². The molecule has 0 bridgehead atoms. The second-order valence-corrected chi connectivity index (χ2v) is 7.27. The number of ether oxygens (including phenoxy) is 1. The van der Waals surface area contributed by atoms with Gasteiger partial charge in [0.2, 0.25) is 5.89 Å². The Morgan fingerprint density at radius 3 is 2.79 bits per heavy atom. The van der Waals surface area contributed by atoms with Gasteiger partial charge in [0.25, 0.3) is 5.91 Å². The first-order valence-electron chi connectivity index (χ1n) is 8.57. The first kappa shape index (κ1) is 20.8. The maximum Gasteiger partial charge on any atom is 0.340 e. The largest absolute Gasteiger partial charge is 0.449 e. The molecule has 0 aliphatic carbocycles. The summed E-state index contributed by atoms with van der Waals surface area (Å²) < 4.78 is 10.4. The number of hydrogen-bond acceptors (Lipinski definition) is 8. The van der Waals surface area contributed by atoms with Crippen molar-refractivity contribution in [2.24, 2.45) is 0 Å². The molecule has 150 valence electrons. The summed E-state index contributed by atoms with van der Waals surface area (Å²) in [5.41, 5.74) is 0.681. The van der Waals surface area contributed by atoms with Gasteiger partial charge in [-0.15, -0.1) is 11.8 Å². The Balaban J connectivity index is 1.64. The fourth-order valence-electron chi connectivity index (χ4n) is 2.29. The lowest BCUT2D eigenvalue weighted by Gasteiger charge is -2.15. The van der Waals surface area contributed by atoms with Gasteiger partial charge in [-0.25, -0.2) is 9.78 Å². The van der Waals surface area contributed by atoms with E-state index in [1.807, 2.05) is 0 Å². The lowest BCUT2D eigenvalue weighted by Crippen LogP contribution is -2.30. The zero-order valence-electron chi connectivity index (χ0n) is 15.6. The smallest absolute Gasteiger partial charge is 0.340 e. The summed E-state index contributed by atoms with van der Waals surface area (Å²) in [6.07, 6.45) is 0.474. The van der Waals surface area contributed by atoms with Gasteiger partial charge in [0.05, 0.1) is 17.0 Å². The van der Waals surface area contributed by atoms with Crippen molar-refractivity contribution in [2.45, 2.75) is 30.6 Å². The predicted molar refractivity (Wildman–Crippen MR) is 108 cm³/mol. The van der Waals surface area contributed by atoms with Gasteiger partial charge in [-0.3, -0.25) is 4.79 Å². The van der Waals surface area contributed by atoms with E-state index in [0.29, 0.717) is 33.6 Å². The fourth-order valence-corrected chi connectivity index (χ4v) is 3.33. The summed E-state index contributed by atoms with van der Waals surface area (Å²) in [5, 5.41) is 6.47. The van der Waals surface area contributed by atoms with Crippen molar-refractivity contribution < 1.29 is 18.8 Å². The highest BCUT2D eigenvalue weighted by molar-refractivity contribution is 7.98. The van der Waals surface area contributed by atoms with Crippen molar-refractivity contribution >= 4 is 40.9 Å². The number of aromatic nitrogens is 3. The van der Waals surface area contributed by atoms with E-state index in [2.05, 4.69) is 20.4 Å². The number of amides is 1. The highest BCUT2D eigenvalue weighted by Gasteiger charge is 2.22. The van der Waals surface area contributed by atoms with E-state index >= 15 is 0 Å². The Hall–Kier alpha value is -2.91. The number of carbonyl (C=O) groups excluding carboxylic acids is 2. The van der Waals surface area contributed by atoms with Crippen molar-refractivity contribution in [1.29, 1.82) is 0 Å². The zero-order chi connectivity index (χ0) is 20.8. The molecule has 0 fully saturated rings. The Kier molecular flexibility index (Phi) is 6.84. The third kappa shape index (κ3) is 5.55. The molecule has 3 rings (SSSR count). The van der Waals surface area contributed by atoms with Crippen LogP contribution < -0.4 is 5.32 Å². The number of aryl methyl sites for hydroxylation is 1. The highest BCUT2D eigenvalue weighted by Crippen LogP contribution is 2.27. The van der Waals surface area contributed by atoms with Crippen molar-refractivity contribution in [1.82, 2.24) is 15.1 Å². The number of rotatable bonds is 7. The van der Waals surface area contributed by atoms with Gasteiger partial charge in [-0.2, -0.15) is 4.98 Å². The van der Waals surface area contributed by atoms with Crippen molar-refractivity contribution in [2.75, 3.05) is 5.32 Å². The topological polar surface area (TPSA) is 107 Å². The van der Waals surface area contributed by atoms with Crippen LogP contribution in [0, 0.1) is 6.92 Å². The molecule has 0 saturated heterocycles. The van der Waals surface area contributed by atoms with Crippen molar-refractivity contribution in [3.8, 4) is 0 Å². The molecular weight excluding hydrogens is 416 g/mol. The molecule has 1 unspecified atom stereocenters. The number of carbonyl (C=O) groups is 2. The van der Waals surface area contributed by atoms with Crippen LogP contribution in [0.4, 0.5) is 5.69 Å². The molecule has 0 aliphatic rings. The Morgan fingerprint density at radius 2 is 2.07 bits per heavy atom. The minimum atomic E-state index is -1.03.